The van der Waals surface area contributed by atoms with Crippen molar-refractivity contribution in [1.29, 1.82) is 0 Å². The van der Waals surface area contributed by atoms with Crippen LogP contribution in [0.1, 0.15) is 44.2 Å². The number of hydrogen-bond acceptors (Lipinski definition) is 5. The number of rotatable bonds is 8. The first-order chi connectivity index (χ1) is 8.19. The zero-order valence-electron chi connectivity index (χ0n) is 11.4. The maximum absolute atomic E-state index is 4.18. The molecule has 0 amide bonds. The predicted molar refractivity (Wildman–Crippen MR) is 73.5 cm³/mol. The van der Waals surface area contributed by atoms with Crippen LogP contribution in [-0.2, 0) is 6.54 Å². The van der Waals surface area contributed by atoms with Crippen molar-refractivity contribution >= 4 is 11.5 Å². The van der Waals surface area contributed by atoms with E-state index in [9.17, 15) is 0 Å². The van der Waals surface area contributed by atoms with Crippen LogP contribution in [0.15, 0.2) is 0 Å². The fraction of sp³-hybridized carbons (Fsp3) is 0.833. The van der Waals surface area contributed by atoms with E-state index in [0.717, 1.165) is 38.4 Å². The van der Waals surface area contributed by atoms with Crippen LogP contribution in [0.4, 0.5) is 0 Å². The Morgan fingerprint density at radius 3 is 2.59 bits per heavy atom. The van der Waals surface area contributed by atoms with Gasteiger partial charge in [-0.2, -0.15) is 0 Å². The summed E-state index contributed by atoms with van der Waals surface area (Å²) in [6, 6.07) is 0. The molecule has 0 aliphatic rings. The Hall–Kier alpha value is -0.520. The first-order valence-electron chi connectivity index (χ1n) is 6.43. The molecule has 0 saturated carbocycles. The van der Waals surface area contributed by atoms with Crippen molar-refractivity contribution < 1.29 is 0 Å². The molecule has 1 heterocycles. The molecule has 0 radical (unpaired) electrons. The normalized spacial score (nSPS) is 11.6. The molecular formula is C12H24N4S. The van der Waals surface area contributed by atoms with E-state index in [0.29, 0.717) is 5.92 Å². The zero-order valence-corrected chi connectivity index (χ0v) is 12.2. The summed E-state index contributed by atoms with van der Waals surface area (Å²) in [7, 11) is 0. The smallest absolute Gasteiger partial charge is 0.0826 e. The molecule has 0 spiro atoms. The lowest BCUT2D eigenvalue weighted by Gasteiger charge is -2.17. The van der Waals surface area contributed by atoms with E-state index < -0.39 is 0 Å². The molecule has 1 N–H and O–H groups in total. The van der Waals surface area contributed by atoms with E-state index in [1.807, 2.05) is 0 Å². The third-order valence-electron chi connectivity index (χ3n) is 2.92. The zero-order chi connectivity index (χ0) is 12.7. The third-order valence-corrected chi connectivity index (χ3v) is 3.65. The van der Waals surface area contributed by atoms with Gasteiger partial charge in [0, 0.05) is 19.6 Å². The summed E-state index contributed by atoms with van der Waals surface area (Å²) in [5.74, 6) is 0.466. The Labute approximate surface area is 109 Å². The first kappa shape index (κ1) is 14.5. The average Bonchev–Trinajstić information content (AvgIpc) is 2.78. The van der Waals surface area contributed by atoms with Crippen LogP contribution in [0.25, 0.3) is 0 Å². The minimum Gasteiger partial charge on any atom is -0.310 e. The molecule has 1 rings (SSSR count). The van der Waals surface area contributed by atoms with Crippen molar-refractivity contribution in [2.75, 3.05) is 26.2 Å². The molecule has 0 fully saturated rings. The number of aromatic nitrogens is 2. The molecule has 1 aromatic rings. The van der Waals surface area contributed by atoms with E-state index in [-0.39, 0.29) is 0 Å². The van der Waals surface area contributed by atoms with E-state index in [1.54, 1.807) is 0 Å². The first-order valence-corrected chi connectivity index (χ1v) is 7.20. The van der Waals surface area contributed by atoms with Gasteiger partial charge in [-0.1, -0.05) is 32.2 Å². The Bertz CT molecular complexity index is 307. The molecule has 0 saturated heterocycles. The predicted octanol–water partition coefficient (Wildman–Crippen LogP) is 2.09. The lowest BCUT2D eigenvalue weighted by atomic mass is 10.1. The Balaban J connectivity index is 2.28. The topological polar surface area (TPSA) is 41.0 Å². The lowest BCUT2D eigenvalue weighted by molar-refractivity contribution is 0.302. The van der Waals surface area contributed by atoms with Crippen molar-refractivity contribution in [3.05, 3.63) is 10.6 Å². The summed E-state index contributed by atoms with van der Waals surface area (Å²) >= 11 is 1.51. The van der Waals surface area contributed by atoms with Crippen molar-refractivity contribution in [2.24, 2.45) is 0 Å². The van der Waals surface area contributed by atoms with Crippen LogP contribution in [0.5, 0.6) is 0 Å². The lowest BCUT2D eigenvalue weighted by Crippen LogP contribution is -2.31. The molecule has 5 heteroatoms. The number of nitrogens with zero attached hydrogens (tertiary/aromatic N) is 3. The van der Waals surface area contributed by atoms with Crippen LogP contribution >= 0.6 is 11.5 Å². The number of nitrogens with one attached hydrogen (secondary N) is 1. The van der Waals surface area contributed by atoms with Gasteiger partial charge >= 0.3 is 0 Å². The van der Waals surface area contributed by atoms with E-state index in [4.69, 9.17) is 0 Å². The Morgan fingerprint density at radius 2 is 2.00 bits per heavy atom. The molecular weight excluding hydrogens is 232 g/mol. The van der Waals surface area contributed by atoms with E-state index >= 15 is 0 Å². The van der Waals surface area contributed by atoms with Gasteiger partial charge in [-0.05, 0) is 30.5 Å². The highest BCUT2D eigenvalue weighted by Gasteiger charge is 2.10. The molecule has 98 valence electrons. The van der Waals surface area contributed by atoms with Gasteiger partial charge in [0.2, 0.25) is 0 Å². The van der Waals surface area contributed by atoms with Crippen molar-refractivity contribution in [3.8, 4) is 0 Å². The van der Waals surface area contributed by atoms with Crippen molar-refractivity contribution in [1.82, 2.24) is 19.8 Å². The second-order valence-electron chi connectivity index (χ2n) is 4.44. The maximum Gasteiger partial charge on any atom is 0.0826 e. The highest BCUT2D eigenvalue weighted by Crippen LogP contribution is 2.19. The summed E-state index contributed by atoms with van der Waals surface area (Å²) in [6.45, 7) is 14.0. The molecule has 0 atom stereocenters. The molecule has 0 unspecified atom stereocenters. The average molecular weight is 256 g/mol. The van der Waals surface area contributed by atoms with Gasteiger partial charge < -0.3 is 10.2 Å². The molecule has 0 aliphatic carbocycles. The quantitative estimate of drug-likeness (QED) is 0.723. The second kappa shape index (κ2) is 7.74. The summed E-state index contributed by atoms with van der Waals surface area (Å²) < 4.78 is 4.03. The van der Waals surface area contributed by atoms with E-state index in [1.165, 1.54) is 16.4 Å². The Kier molecular flexibility index (Phi) is 6.62. The molecule has 0 bridgehead atoms. The summed E-state index contributed by atoms with van der Waals surface area (Å²) in [5.41, 5.74) is 1.14. The molecule has 1 aromatic heterocycles. The van der Waals surface area contributed by atoms with E-state index in [2.05, 4.69) is 47.5 Å². The van der Waals surface area contributed by atoms with Gasteiger partial charge in [0.15, 0.2) is 0 Å². The minimum absolute atomic E-state index is 0.466. The van der Waals surface area contributed by atoms with Crippen LogP contribution in [0.3, 0.4) is 0 Å². The van der Waals surface area contributed by atoms with Gasteiger partial charge in [-0.15, -0.1) is 5.10 Å². The van der Waals surface area contributed by atoms with Crippen molar-refractivity contribution in [3.63, 3.8) is 0 Å². The maximum atomic E-state index is 4.18. The molecule has 4 nitrogen and oxygen atoms in total. The van der Waals surface area contributed by atoms with Gasteiger partial charge in [0.05, 0.1) is 10.6 Å². The van der Waals surface area contributed by atoms with Crippen LogP contribution in [0.2, 0.25) is 0 Å². The van der Waals surface area contributed by atoms with Gasteiger partial charge in [0.1, 0.15) is 0 Å². The number of hydrogen-bond donors (Lipinski definition) is 1. The van der Waals surface area contributed by atoms with Crippen LogP contribution in [0, 0.1) is 0 Å². The third kappa shape index (κ3) is 4.69. The highest BCUT2D eigenvalue weighted by molar-refractivity contribution is 7.05. The summed E-state index contributed by atoms with van der Waals surface area (Å²) in [4.78, 5) is 3.70. The van der Waals surface area contributed by atoms with Gasteiger partial charge in [0.25, 0.3) is 0 Å². The van der Waals surface area contributed by atoms with Crippen molar-refractivity contribution in [2.45, 2.75) is 40.2 Å². The fourth-order valence-corrected chi connectivity index (χ4v) is 2.52. The number of likely N-dealkylation sites (N-methyl/N-ethyl adjacent to an activating group) is 1. The molecule has 0 aliphatic heterocycles. The fourth-order valence-electron chi connectivity index (χ4n) is 1.76. The summed E-state index contributed by atoms with van der Waals surface area (Å²) in [6.07, 6.45) is 0. The van der Waals surface area contributed by atoms with Crippen LogP contribution < -0.4 is 5.32 Å². The van der Waals surface area contributed by atoms with Crippen LogP contribution in [-0.4, -0.2) is 40.7 Å². The highest BCUT2D eigenvalue weighted by atomic mass is 32.1. The standard InChI is InChI=1S/C12H24N4S/c1-5-16(6-2)8-7-13-9-11-12(10(3)4)14-15-17-11/h10,13H,5-9H2,1-4H3. The monoisotopic (exact) mass is 256 g/mol. The van der Waals surface area contributed by atoms with Gasteiger partial charge in [-0.25, -0.2) is 0 Å². The Morgan fingerprint density at radius 1 is 1.29 bits per heavy atom. The van der Waals surface area contributed by atoms with Gasteiger partial charge in [-0.3, -0.25) is 0 Å². The molecule has 17 heavy (non-hydrogen) atoms. The second-order valence-corrected chi connectivity index (χ2v) is 5.28. The summed E-state index contributed by atoms with van der Waals surface area (Å²) in [5, 5.41) is 7.65. The largest absolute Gasteiger partial charge is 0.310 e. The SMILES string of the molecule is CCN(CC)CCNCc1snnc1C(C)C. The molecule has 0 aromatic carbocycles. The minimum atomic E-state index is 0.466.